The maximum atomic E-state index is 6.18. The summed E-state index contributed by atoms with van der Waals surface area (Å²) in [7, 11) is 0. The second-order valence-corrected chi connectivity index (χ2v) is 4.56. The summed E-state index contributed by atoms with van der Waals surface area (Å²) in [6.45, 7) is 6.51. The summed E-state index contributed by atoms with van der Waals surface area (Å²) in [4.78, 5) is 0.00208. The molecule has 0 aromatic heterocycles. The zero-order valence-electron chi connectivity index (χ0n) is 6.78. The Morgan fingerprint density at radius 3 is 2.10 bits per heavy atom. The molecule has 0 atom stereocenters. The van der Waals surface area contributed by atoms with Crippen LogP contribution in [0.1, 0.15) is 26.7 Å². The molecular formula is C8H16ClN. The Balaban J connectivity index is 2.39. The summed E-state index contributed by atoms with van der Waals surface area (Å²) in [5.41, 5.74) is 0. The number of hydrogen-bond acceptors (Lipinski definition) is 1. The van der Waals surface area contributed by atoms with Crippen molar-refractivity contribution in [1.82, 2.24) is 5.32 Å². The number of halogens is 1. The van der Waals surface area contributed by atoms with Gasteiger partial charge >= 0.3 is 0 Å². The Hall–Kier alpha value is 0.250. The van der Waals surface area contributed by atoms with Crippen molar-refractivity contribution in [2.75, 3.05) is 13.1 Å². The molecule has 0 amide bonds. The maximum Gasteiger partial charge on any atom is 0.0419 e. The van der Waals surface area contributed by atoms with Gasteiger partial charge in [-0.2, -0.15) is 0 Å². The lowest BCUT2D eigenvalue weighted by molar-refractivity contribution is 0.312. The minimum Gasteiger partial charge on any atom is -0.317 e. The lowest BCUT2D eigenvalue weighted by atomic mass is 9.87. The van der Waals surface area contributed by atoms with Crippen LogP contribution in [0.25, 0.3) is 0 Å². The number of nitrogens with one attached hydrogen (secondary N) is 1. The molecule has 1 rings (SSSR count). The van der Waals surface area contributed by atoms with Crippen LogP contribution >= 0.6 is 11.6 Å². The predicted molar refractivity (Wildman–Crippen MR) is 45.5 cm³/mol. The van der Waals surface area contributed by atoms with Crippen molar-refractivity contribution in [3.63, 3.8) is 0 Å². The summed E-state index contributed by atoms with van der Waals surface area (Å²) in [6, 6.07) is 0. The molecule has 1 aliphatic heterocycles. The van der Waals surface area contributed by atoms with Gasteiger partial charge in [0.25, 0.3) is 0 Å². The fraction of sp³-hybridized carbons (Fsp3) is 1.00. The van der Waals surface area contributed by atoms with E-state index in [0.717, 1.165) is 13.1 Å². The van der Waals surface area contributed by atoms with Crippen LogP contribution in [0.3, 0.4) is 0 Å². The molecule has 1 N–H and O–H groups in total. The fourth-order valence-corrected chi connectivity index (χ4v) is 1.73. The Morgan fingerprint density at radius 2 is 1.80 bits per heavy atom. The summed E-state index contributed by atoms with van der Waals surface area (Å²) in [5, 5.41) is 3.33. The fourth-order valence-electron chi connectivity index (χ4n) is 1.51. The lowest BCUT2D eigenvalue weighted by Gasteiger charge is -2.31. The first-order chi connectivity index (χ1) is 4.61. The summed E-state index contributed by atoms with van der Waals surface area (Å²) >= 11 is 6.18. The smallest absolute Gasteiger partial charge is 0.0419 e. The molecule has 1 nitrogen and oxygen atoms in total. The molecule has 1 saturated heterocycles. The summed E-state index contributed by atoms with van der Waals surface area (Å²) < 4.78 is 0. The Bertz CT molecular complexity index is 100. The third-order valence-electron chi connectivity index (χ3n) is 2.31. The highest BCUT2D eigenvalue weighted by atomic mass is 35.5. The average Bonchev–Trinajstić information content (AvgIpc) is 1.88. The molecule has 1 aliphatic rings. The van der Waals surface area contributed by atoms with Gasteiger partial charge in [-0.1, -0.05) is 0 Å². The van der Waals surface area contributed by atoms with Gasteiger partial charge in [-0.25, -0.2) is 0 Å². The zero-order valence-corrected chi connectivity index (χ0v) is 7.54. The number of piperidine rings is 1. The van der Waals surface area contributed by atoms with Gasteiger partial charge in [-0.3, -0.25) is 0 Å². The zero-order chi connectivity index (χ0) is 7.61. The quantitative estimate of drug-likeness (QED) is 0.581. The van der Waals surface area contributed by atoms with E-state index in [4.69, 9.17) is 11.6 Å². The molecule has 1 heterocycles. The van der Waals surface area contributed by atoms with Crippen LogP contribution in [-0.2, 0) is 0 Å². The van der Waals surface area contributed by atoms with E-state index in [0.29, 0.717) is 5.92 Å². The highest BCUT2D eigenvalue weighted by Crippen LogP contribution is 2.30. The van der Waals surface area contributed by atoms with Gasteiger partial charge in [0.05, 0.1) is 0 Å². The van der Waals surface area contributed by atoms with E-state index < -0.39 is 0 Å². The normalized spacial score (nSPS) is 23.1. The Kier molecular flexibility index (Phi) is 2.59. The molecule has 0 unspecified atom stereocenters. The molecule has 0 spiro atoms. The molecule has 0 saturated carbocycles. The van der Waals surface area contributed by atoms with Crippen molar-refractivity contribution in [2.24, 2.45) is 5.92 Å². The minimum absolute atomic E-state index is 0.00208. The van der Waals surface area contributed by atoms with Crippen LogP contribution in [0.15, 0.2) is 0 Å². The van der Waals surface area contributed by atoms with Gasteiger partial charge in [-0.15, -0.1) is 11.6 Å². The predicted octanol–water partition coefficient (Wildman–Crippen LogP) is 2.00. The molecule has 0 bridgehead atoms. The second kappa shape index (κ2) is 3.10. The van der Waals surface area contributed by atoms with Crippen LogP contribution in [0.4, 0.5) is 0 Å². The molecule has 0 radical (unpaired) electrons. The first-order valence-corrected chi connectivity index (χ1v) is 4.38. The van der Waals surface area contributed by atoms with E-state index in [-0.39, 0.29) is 4.87 Å². The maximum absolute atomic E-state index is 6.18. The lowest BCUT2D eigenvalue weighted by Crippen LogP contribution is -2.36. The summed E-state index contributed by atoms with van der Waals surface area (Å²) in [5.74, 6) is 0.704. The summed E-state index contributed by atoms with van der Waals surface area (Å²) in [6.07, 6.45) is 2.47. The van der Waals surface area contributed by atoms with Crippen LogP contribution in [-0.4, -0.2) is 18.0 Å². The van der Waals surface area contributed by atoms with Crippen LogP contribution < -0.4 is 5.32 Å². The highest BCUT2D eigenvalue weighted by Gasteiger charge is 2.27. The number of alkyl halides is 1. The van der Waals surface area contributed by atoms with E-state index in [2.05, 4.69) is 19.2 Å². The van der Waals surface area contributed by atoms with Gasteiger partial charge < -0.3 is 5.32 Å². The SMILES string of the molecule is CC(C)(Cl)C1CCNCC1. The molecule has 10 heavy (non-hydrogen) atoms. The molecule has 2 heteroatoms. The topological polar surface area (TPSA) is 12.0 Å². The molecule has 0 aliphatic carbocycles. The first kappa shape index (κ1) is 8.35. The van der Waals surface area contributed by atoms with Crippen molar-refractivity contribution < 1.29 is 0 Å². The first-order valence-electron chi connectivity index (χ1n) is 4.00. The Labute approximate surface area is 68.1 Å². The number of hydrogen-bond donors (Lipinski definition) is 1. The van der Waals surface area contributed by atoms with E-state index in [1.807, 2.05) is 0 Å². The van der Waals surface area contributed by atoms with Gasteiger partial charge in [0.2, 0.25) is 0 Å². The largest absolute Gasteiger partial charge is 0.317 e. The highest BCUT2D eigenvalue weighted by molar-refractivity contribution is 6.23. The van der Waals surface area contributed by atoms with Gasteiger partial charge in [0.1, 0.15) is 0 Å². The molecule has 0 aromatic carbocycles. The van der Waals surface area contributed by atoms with Crippen molar-refractivity contribution in [3.05, 3.63) is 0 Å². The van der Waals surface area contributed by atoms with Crippen molar-refractivity contribution in [3.8, 4) is 0 Å². The van der Waals surface area contributed by atoms with E-state index in [1.54, 1.807) is 0 Å². The molecule has 1 fully saturated rings. The molecular weight excluding hydrogens is 146 g/mol. The third kappa shape index (κ3) is 2.14. The number of rotatable bonds is 1. The van der Waals surface area contributed by atoms with Crippen molar-refractivity contribution >= 4 is 11.6 Å². The van der Waals surface area contributed by atoms with Gasteiger partial charge in [0.15, 0.2) is 0 Å². The van der Waals surface area contributed by atoms with E-state index >= 15 is 0 Å². The van der Waals surface area contributed by atoms with Gasteiger partial charge in [0, 0.05) is 4.87 Å². The van der Waals surface area contributed by atoms with Gasteiger partial charge in [-0.05, 0) is 45.7 Å². The van der Waals surface area contributed by atoms with E-state index in [1.165, 1.54) is 12.8 Å². The second-order valence-electron chi connectivity index (χ2n) is 3.59. The standard InChI is InChI=1S/C8H16ClN/c1-8(2,9)7-3-5-10-6-4-7/h7,10H,3-6H2,1-2H3. The third-order valence-corrected chi connectivity index (χ3v) is 2.62. The molecule has 60 valence electrons. The van der Waals surface area contributed by atoms with Crippen molar-refractivity contribution in [2.45, 2.75) is 31.6 Å². The monoisotopic (exact) mass is 161 g/mol. The average molecular weight is 162 g/mol. The minimum atomic E-state index is 0.00208. The van der Waals surface area contributed by atoms with E-state index in [9.17, 15) is 0 Å². The van der Waals surface area contributed by atoms with Crippen LogP contribution in [0.2, 0.25) is 0 Å². The Morgan fingerprint density at radius 1 is 1.30 bits per heavy atom. The van der Waals surface area contributed by atoms with Crippen molar-refractivity contribution in [1.29, 1.82) is 0 Å². The van der Waals surface area contributed by atoms with Crippen LogP contribution in [0, 0.1) is 5.92 Å². The van der Waals surface area contributed by atoms with Crippen LogP contribution in [0.5, 0.6) is 0 Å². The molecule has 0 aromatic rings.